The standard InChI is InChI=1S/C19H26ClNO3/c1-13(2)24-19-16(20)11-15(12-17(19)23-4)8-9-18(22)21-10-6-5-7-14(21)3/h8-9,11-14H,5-7,10H2,1-4H3. The van der Waals surface area contributed by atoms with Crippen molar-refractivity contribution >= 4 is 23.6 Å². The van der Waals surface area contributed by atoms with Crippen LogP contribution < -0.4 is 9.47 Å². The molecule has 1 saturated heterocycles. The van der Waals surface area contributed by atoms with E-state index in [1.807, 2.05) is 24.8 Å². The summed E-state index contributed by atoms with van der Waals surface area (Å²) in [5.41, 5.74) is 0.811. The highest BCUT2D eigenvalue weighted by atomic mass is 35.5. The Labute approximate surface area is 149 Å². The van der Waals surface area contributed by atoms with Gasteiger partial charge in [-0.05, 0) is 63.8 Å². The van der Waals surface area contributed by atoms with Gasteiger partial charge in [0, 0.05) is 18.7 Å². The fourth-order valence-electron chi connectivity index (χ4n) is 2.87. The first-order valence-corrected chi connectivity index (χ1v) is 8.83. The maximum absolute atomic E-state index is 12.4. The van der Waals surface area contributed by atoms with Crippen LogP contribution in [-0.4, -0.2) is 36.6 Å². The summed E-state index contributed by atoms with van der Waals surface area (Å²) in [4.78, 5) is 14.3. The zero-order chi connectivity index (χ0) is 17.7. The van der Waals surface area contributed by atoms with Crippen LogP contribution in [0.25, 0.3) is 6.08 Å². The van der Waals surface area contributed by atoms with Crippen LogP contribution in [0, 0.1) is 0 Å². The van der Waals surface area contributed by atoms with Gasteiger partial charge in [0.15, 0.2) is 11.5 Å². The number of likely N-dealkylation sites (tertiary alicyclic amines) is 1. The van der Waals surface area contributed by atoms with Crippen LogP contribution >= 0.6 is 11.6 Å². The molecule has 2 rings (SSSR count). The highest BCUT2D eigenvalue weighted by Gasteiger charge is 2.21. The zero-order valence-electron chi connectivity index (χ0n) is 14.8. The van der Waals surface area contributed by atoms with Crippen LogP contribution in [0.3, 0.4) is 0 Å². The number of methoxy groups -OCH3 is 1. The molecule has 1 atom stereocenters. The van der Waals surface area contributed by atoms with Gasteiger partial charge in [0.2, 0.25) is 5.91 Å². The van der Waals surface area contributed by atoms with Crippen molar-refractivity contribution in [2.45, 2.75) is 52.2 Å². The Kier molecular flexibility index (Phi) is 6.55. The third-order valence-electron chi connectivity index (χ3n) is 4.11. The molecule has 5 heteroatoms. The number of amides is 1. The molecule has 1 aliphatic rings. The molecule has 1 aliphatic heterocycles. The van der Waals surface area contributed by atoms with Gasteiger partial charge in [0.1, 0.15) is 0 Å². The summed E-state index contributed by atoms with van der Waals surface area (Å²) in [6, 6.07) is 3.91. The first kappa shape index (κ1) is 18.7. The Morgan fingerprint density at radius 2 is 2.12 bits per heavy atom. The van der Waals surface area contributed by atoms with Crippen molar-refractivity contribution in [3.8, 4) is 11.5 Å². The van der Waals surface area contributed by atoms with Crippen LogP contribution in [0.15, 0.2) is 18.2 Å². The van der Waals surface area contributed by atoms with Gasteiger partial charge in [-0.15, -0.1) is 0 Å². The lowest BCUT2D eigenvalue weighted by molar-refractivity contribution is -0.129. The fraction of sp³-hybridized carbons (Fsp3) is 0.526. The van der Waals surface area contributed by atoms with E-state index in [1.54, 1.807) is 25.3 Å². The number of carbonyl (C=O) groups excluding carboxylic acids is 1. The summed E-state index contributed by atoms with van der Waals surface area (Å²) in [6.07, 6.45) is 6.72. The molecule has 0 aromatic heterocycles. The van der Waals surface area contributed by atoms with E-state index in [-0.39, 0.29) is 12.0 Å². The molecule has 132 valence electrons. The topological polar surface area (TPSA) is 38.8 Å². The van der Waals surface area contributed by atoms with E-state index in [4.69, 9.17) is 21.1 Å². The molecule has 24 heavy (non-hydrogen) atoms. The molecule has 1 heterocycles. The lowest BCUT2D eigenvalue weighted by atomic mass is 10.0. The molecule has 1 fully saturated rings. The zero-order valence-corrected chi connectivity index (χ0v) is 15.6. The van der Waals surface area contributed by atoms with Crippen LogP contribution in [0.4, 0.5) is 0 Å². The molecular formula is C19H26ClNO3. The van der Waals surface area contributed by atoms with Crippen LogP contribution in [0.1, 0.15) is 45.6 Å². The minimum Gasteiger partial charge on any atom is -0.493 e. The van der Waals surface area contributed by atoms with Gasteiger partial charge in [-0.25, -0.2) is 0 Å². The van der Waals surface area contributed by atoms with Crippen molar-refractivity contribution in [1.29, 1.82) is 0 Å². The summed E-state index contributed by atoms with van der Waals surface area (Å²) in [5, 5.41) is 0.474. The summed E-state index contributed by atoms with van der Waals surface area (Å²) < 4.78 is 11.1. The average Bonchev–Trinajstić information content (AvgIpc) is 2.54. The van der Waals surface area contributed by atoms with Gasteiger partial charge in [-0.1, -0.05) is 11.6 Å². The van der Waals surface area contributed by atoms with E-state index >= 15 is 0 Å². The summed E-state index contributed by atoms with van der Waals surface area (Å²) in [7, 11) is 1.58. The first-order chi connectivity index (χ1) is 11.4. The summed E-state index contributed by atoms with van der Waals surface area (Å²) in [5.74, 6) is 1.14. The molecule has 0 radical (unpaired) electrons. The smallest absolute Gasteiger partial charge is 0.246 e. The number of nitrogens with zero attached hydrogens (tertiary/aromatic N) is 1. The molecular weight excluding hydrogens is 326 g/mol. The number of rotatable bonds is 5. The van der Waals surface area contributed by atoms with Crippen LogP contribution in [-0.2, 0) is 4.79 Å². The number of halogens is 1. The molecule has 0 aliphatic carbocycles. The number of benzene rings is 1. The SMILES string of the molecule is COc1cc(C=CC(=O)N2CCCCC2C)cc(Cl)c1OC(C)C. The number of hydrogen-bond donors (Lipinski definition) is 0. The normalized spacial score (nSPS) is 18.2. The molecule has 0 N–H and O–H groups in total. The highest BCUT2D eigenvalue weighted by molar-refractivity contribution is 6.32. The molecule has 0 bridgehead atoms. The van der Waals surface area contributed by atoms with E-state index in [1.165, 1.54) is 6.42 Å². The predicted molar refractivity (Wildman–Crippen MR) is 97.8 cm³/mol. The van der Waals surface area contributed by atoms with Crippen molar-refractivity contribution in [2.75, 3.05) is 13.7 Å². The molecule has 0 spiro atoms. The van der Waals surface area contributed by atoms with Crippen LogP contribution in [0.5, 0.6) is 11.5 Å². The van der Waals surface area contributed by atoms with Gasteiger partial charge in [0.05, 0.1) is 18.2 Å². The quantitative estimate of drug-likeness (QED) is 0.730. The highest BCUT2D eigenvalue weighted by Crippen LogP contribution is 2.37. The van der Waals surface area contributed by atoms with Crippen LogP contribution in [0.2, 0.25) is 5.02 Å². The lowest BCUT2D eigenvalue weighted by Crippen LogP contribution is -2.41. The lowest BCUT2D eigenvalue weighted by Gasteiger charge is -2.32. The number of hydrogen-bond acceptors (Lipinski definition) is 3. The maximum atomic E-state index is 12.4. The Morgan fingerprint density at radius 1 is 1.38 bits per heavy atom. The second-order valence-electron chi connectivity index (χ2n) is 6.41. The molecule has 1 aromatic rings. The number of carbonyl (C=O) groups is 1. The third-order valence-corrected chi connectivity index (χ3v) is 4.39. The Hall–Kier alpha value is -1.68. The molecule has 1 amide bonds. The monoisotopic (exact) mass is 351 g/mol. The van der Waals surface area contributed by atoms with Gasteiger partial charge in [0.25, 0.3) is 0 Å². The number of piperidine rings is 1. The predicted octanol–water partition coefficient (Wildman–Crippen LogP) is 4.55. The first-order valence-electron chi connectivity index (χ1n) is 8.45. The van der Waals surface area contributed by atoms with Gasteiger partial charge in [-0.3, -0.25) is 4.79 Å². The van der Waals surface area contributed by atoms with Gasteiger partial charge < -0.3 is 14.4 Å². The third kappa shape index (κ3) is 4.67. The van der Waals surface area contributed by atoms with Gasteiger partial charge in [-0.2, -0.15) is 0 Å². The average molecular weight is 352 g/mol. The second kappa shape index (κ2) is 8.43. The van der Waals surface area contributed by atoms with E-state index in [0.717, 1.165) is 24.9 Å². The largest absolute Gasteiger partial charge is 0.493 e. The van der Waals surface area contributed by atoms with E-state index in [2.05, 4.69) is 6.92 Å². The number of ether oxygens (including phenoxy) is 2. The Morgan fingerprint density at radius 3 is 2.75 bits per heavy atom. The van der Waals surface area contributed by atoms with Crippen molar-refractivity contribution in [2.24, 2.45) is 0 Å². The molecule has 1 aromatic carbocycles. The Balaban J connectivity index is 2.17. The summed E-state index contributed by atoms with van der Waals surface area (Å²) >= 11 is 6.31. The van der Waals surface area contributed by atoms with Gasteiger partial charge >= 0.3 is 0 Å². The minimum atomic E-state index is -0.0000380. The Bertz CT molecular complexity index is 613. The summed E-state index contributed by atoms with van der Waals surface area (Å²) in [6.45, 7) is 6.79. The second-order valence-corrected chi connectivity index (χ2v) is 6.82. The van der Waals surface area contributed by atoms with Crippen molar-refractivity contribution < 1.29 is 14.3 Å². The fourth-order valence-corrected chi connectivity index (χ4v) is 3.14. The van der Waals surface area contributed by atoms with E-state index < -0.39 is 0 Å². The maximum Gasteiger partial charge on any atom is 0.246 e. The molecule has 1 unspecified atom stereocenters. The van der Waals surface area contributed by atoms with Crippen molar-refractivity contribution in [3.63, 3.8) is 0 Å². The van der Waals surface area contributed by atoms with Crippen molar-refractivity contribution in [1.82, 2.24) is 4.90 Å². The molecule has 0 saturated carbocycles. The van der Waals surface area contributed by atoms with E-state index in [0.29, 0.717) is 22.6 Å². The minimum absolute atomic E-state index is 0.0000380. The van der Waals surface area contributed by atoms with E-state index in [9.17, 15) is 4.79 Å². The molecule has 4 nitrogen and oxygen atoms in total. The van der Waals surface area contributed by atoms with Crippen molar-refractivity contribution in [3.05, 3.63) is 28.8 Å².